The number of likely N-dealkylation sites (N-methyl/N-ethyl adjacent to an activating group) is 1. The van der Waals surface area contributed by atoms with Gasteiger partial charge in [0.2, 0.25) is 5.91 Å². The lowest BCUT2D eigenvalue weighted by molar-refractivity contribution is -0.137. The molecule has 0 spiro atoms. The molecule has 158 valence electrons. The highest BCUT2D eigenvalue weighted by Crippen LogP contribution is 2.08. The van der Waals surface area contributed by atoms with Gasteiger partial charge in [-0.15, -0.1) is 0 Å². The van der Waals surface area contributed by atoms with Crippen LogP contribution in [0.15, 0.2) is 24.3 Å². The van der Waals surface area contributed by atoms with Crippen LogP contribution in [0.1, 0.15) is 50.5 Å². The number of halogens is 1. The number of carboxylic acids is 1. The number of unbranched alkanes of at least 4 members (excludes halogenated alkanes) is 4. The Hall–Kier alpha value is -1.99. The quantitative estimate of drug-likeness (QED) is 0.445. The van der Waals surface area contributed by atoms with E-state index in [0.717, 1.165) is 37.7 Å². The summed E-state index contributed by atoms with van der Waals surface area (Å²) in [5.41, 5.74) is 0.835. The average molecular weight is 397 g/mol. The maximum Gasteiger partial charge on any atom is 0.305 e. The fourth-order valence-electron chi connectivity index (χ4n) is 2.95. The Labute approximate surface area is 167 Å². The van der Waals surface area contributed by atoms with Crippen molar-refractivity contribution in [3.8, 4) is 0 Å². The second-order valence-corrected chi connectivity index (χ2v) is 7.32. The third-order valence-corrected chi connectivity index (χ3v) is 4.22. The zero-order chi connectivity index (χ0) is 20.8. The van der Waals surface area contributed by atoms with Crippen molar-refractivity contribution in [2.75, 3.05) is 27.2 Å². The van der Waals surface area contributed by atoms with E-state index in [4.69, 9.17) is 9.84 Å². The van der Waals surface area contributed by atoms with E-state index in [1.165, 1.54) is 12.1 Å². The van der Waals surface area contributed by atoms with Gasteiger partial charge >= 0.3 is 5.97 Å². The van der Waals surface area contributed by atoms with Crippen molar-refractivity contribution in [1.29, 1.82) is 0 Å². The van der Waals surface area contributed by atoms with Gasteiger partial charge in [-0.2, -0.15) is 0 Å². The van der Waals surface area contributed by atoms with Gasteiger partial charge in [0.15, 0.2) is 0 Å². The number of carbonyl (C=O) groups is 2. The Balaban J connectivity index is 2.03. The second kappa shape index (κ2) is 14.1. The third kappa shape index (κ3) is 12.4. The van der Waals surface area contributed by atoms with Gasteiger partial charge in [0, 0.05) is 19.6 Å². The number of carboxylic acid groups (broad SMARTS) is 1. The van der Waals surface area contributed by atoms with Crippen molar-refractivity contribution in [2.24, 2.45) is 0 Å². The van der Waals surface area contributed by atoms with Crippen molar-refractivity contribution < 1.29 is 23.8 Å². The summed E-state index contributed by atoms with van der Waals surface area (Å²) in [4.78, 5) is 24.7. The molecule has 1 amide bonds. The molecule has 1 rings (SSSR count). The minimum atomic E-state index is -0.910. The molecule has 0 saturated carbocycles. The van der Waals surface area contributed by atoms with Crippen molar-refractivity contribution in [3.05, 3.63) is 35.6 Å². The first-order valence-electron chi connectivity index (χ1n) is 9.85. The Morgan fingerprint density at radius 2 is 1.89 bits per heavy atom. The number of hydrogen-bond acceptors (Lipinski definition) is 4. The number of rotatable bonds is 15. The van der Waals surface area contributed by atoms with Crippen molar-refractivity contribution in [1.82, 2.24) is 10.2 Å². The highest BCUT2D eigenvalue weighted by molar-refractivity contribution is 5.77. The first kappa shape index (κ1) is 24.0. The summed E-state index contributed by atoms with van der Waals surface area (Å²) in [5.74, 6) is -1.25. The molecule has 0 radical (unpaired) electrons. The van der Waals surface area contributed by atoms with Crippen LogP contribution in [0.3, 0.4) is 0 Å². The van der Waals surface area contributed by atoms with E-state index in [-0.39, 0.29) is 24.2 Å². The van der Waals surface area contributed by atoms with Crippen LogP contribution in [0.5, 0.6) is 0 Å². The molecule has 0 aromatic heterocycles. The molecule has 0 aliphatic heterocycles. The molecule has 0 saturated heterocycles. The van der Waals surface area contributed by atoms with Crippen molar-refractivity contribution >= 4 is 11.9 Å². The minimum absolute atomic E-state index is 0.0699. The zero-order valence-electron chi connectivity index (χ0n) is 17.0. The molecule has 0 bridgehead atoms. The summed E-state index contributed by atoms with van der Waals surface area (Å²) in [6.07, 6.45) is 5.07. The maximum absolute atomic E-state index is 13.0. The Morgan fingerprint density at radius 3 is 2.57 bits per heavy atom. The largest absolute Gasteiger partial charge is 0.481 e. The molecular weight excluding hydrogens is 363 g/mol. The van der Waals surface area contributed by atoms with E-state index < -0.39 is 5.97 Å². The van der Waals surface area contributed by atoms with E-state index in [2.05, 4.69) is 5.32 Å². The highest BCUT2D eigenvalue weighted by Gasteiger charge is 2.16. The average Bonchev–Trinajstić information content (AvgIpc) is 2.59. The summed E-state index contributed by atoms with van der Waals surface area (Å²) in [7, 11) is 3.70. The molecule has 0 aliphatic carbocycles. The smallest absolute Gasteiger partial charge is 0.305 e. The summed E-state index contributed by atoms with van der Waals surface area (Å²) in [6.45, 7) is 1.56. The molecule has 1 aromatic rings. The van der Waals surface area contributed by atoms with E-state index in [1.807, 2.05) is 25.1 Å². The van der Waals surface area contributed by atoms with Gasteiger partial charge < -0.3 is 20.1 Å². The molecule has 0 aliphatic rings. The van der Waals surface area contributed by atoms with Gasteiger partial charge in [0.05, 0.1) is 19.1 Å². The molecule has 7 heteroatoms. The summed E-state index contributed by atoms with van der Waals surface area (Å²) in [6, 6.07) is 6.04. The fourth-order valence-corrected chi connectivity index (χ4v) is 2.95. The number of carbonyl (C=O) groups excluding carboxylic acids is 1. The predicted octanol–water partition coefficient (Wildman–Crippen LogP) is 3.20. The zero-order valence-corrected chi connectivity index (χ0v) is 17.0. The van der Waals surface area contributed by atoms with E-state index in [0.29, 0.717) is 26.2 Å². The van der Waals surface area contributed by atoms with Crippen LogP contribution in [-0.4, -0.2) is 55.2 Å². The molecule has 6 nitrogen and oxygen atoms in total. The van der Waals surface area contributed by atoms with Gasteiger partial charge in [-0.25, -0.2) is 4.39 Å². The van der Waals surface area contributed by atoms with Gasteiger partial charge in [-0.1, -0.05) is 31.4 Å². The Bertz CT molecular complexity index is 596. The number of benzene rings is 1. The molecule has 28 heavy (non-hydrogen) atoms. The van der Waals surface area contributed by atoms with Gasteiger partial charge in [-0.3, -0.25) is 9.59 Å². The van der Waals surface area contributed by atoms with Crippen molar-refractivity contribution in [2.45, 2.75) is 57.6 Å². The van der Waals surface area contributed by atoms with Gasteiger partial charge in [0.25, 0.3) is 0 Å². The standard InChI is InChI=1S/C21H33FN2O4/c1-24(2)15-19(14-21(26)27)23-20(25)11-6-4-3-5-7-12-28-16-17-9-8-10-18(22)13-17/h8-10,13,19H,3-7,11-12,14-16H2,1-2H3,(H,23,25)(H,26,27). The van der Waals surface area contributed by atoms with E-state index in [9.17, 15) is 14.0 Å². The molecule has 0 fully saturated rings. The Morgan fingerprint density at radius 1 is 1.18 bits per heavy atom. The fraction of sp³-hybridized carbons (Fsp3) is 0.619. The number of nitrogens with one attached hydrogen (secondary N) is 1. The lowest BCUT2D eigenvalue weighted by Crippen LogP contribution is -2.42. The van der Waals surface area contributed by atoms with E-state index in [1.54, 1.807) is 6.07 Å². The number of nitrogens with zero attached hydrogens (tertiary/aromatic N) is 1. The van der Waals surface area contributed by atoms with Gasteiger partial charge in [0.1, 0.15) is 5.82 Å². The molecule has 1 unspecified atom stereocenters. The number of ether oxygens (including phenoxy) is 1. The van der Waals surface area contributed by atoms with Crippen LogP contribution < -0.4 is 5.32 Å². The van der Waals surface area contributed by atoms with Crippen LogP contribution in [0.4, 0.5) is 4.39 Å². The molecule has 1 aromatic carbocycles. The summed E-state index contributed by atoms with van der Waals surface area (Å²) in [5, 5.41) is 11.7. The minimum Gasteiger partial charge on any atom is -0.481 e. The van der Waals surface area contributed by atoms with Crippen molar-refractivity contribution in [3.63, 3.8) is 0 Å². The Kier molecular flexibility index (Phi) is 12.1. The van der Waals surface area contributed by atoms with Crippen LogP contribution in [0.2, 0.25) is 0 Å². The predicted molar refractivity (Wildman–Crippen MR) is 106 cm³/mol. The first-order chi connectivity index (χ1) is 13.4. The first-order valence-corrected chi connectivity index (χ1v) is 9.85. The molecule has 1 atom stereocenters. The normalized spacial score (nSPS) is 12.1. The monoisotopic (exact) mass is 396 g/mol. The second-order valence-electron chi connectivity index (χ2n) is 7.32. The topological polar surface area (TPSA) is 78.9 Å². The van der Waals surface area contributed by atoms with Gasteiger partial charge in [-0.05, 0) is 44.6 Å². The number of hydrogen-bond donors (Lipinski definition) is 2. The summed E-state index contributed by atoms with van der Waals surface area (Å²) >= 11 is 0. The van der Waals surface area contributed by atoms with Crippen LogP contribution in [-0.2, 0) is 20.9 Å². The van der Waals surface area contributed by atoms with Crippen LogP contribution in [0, 0.1) is 5.82 Å². The molecule has 2 N–H and O–H groups in total. The SMILES string of the molecule is CN(C)CC(CC(=O)O)NC(=O)CCCCCCCOCc1cccc(F)c1. The number of aliphatic carboxylic acids is 1. The maximum atomic E-state index is 13.0. The van der Waals surface area contributed by atoms with Crippen LogP contribution >= 0.6 is 0 Å². The van der Waals surface area contributed by atoms with E-state index >= 15 is 0 Å². The molecule has 0 heterocycles. The lowest BCUT2D eigenvalue weighted by atomic mass is 10.1. The molecular formula is C21H33FN2O4. The third-order valence-electron chi connectivity index (χ3n) is 4.22. The highest BCUT2D eigenvalue weighted by atomic mass is 19.1. The lowest BCUT2D eigenvalue weighted by Gasteiger charge is -2.20. The van der Waals surface area contributed by atoms with Crippen LogP contribution in [0.25, 0.3) is 0 Å². The number of amides is 1. The summed E-state index contributed by atoms with van der Waals surface area (Å²) < 4.78 is 18.6.